The Morgan fingerprint density at radius 3 is 1.73 bits per heavy atom. The molecular weight excluding hydrogens is 660 g/mol. The molecule has 0 saturated carbocycles. The van der Waals surface area contributed by atoms with Gasteiger partial charge in [0.25, 0.3) is 0 Å². The second kappa shape index (κ2) is 14.3. The van der Waals surface area contributed by atoms with Gasteiger partial charge < -0.3 is 21.3 Å². The maximum atomic E-state index is 12.4. The van der Waals surface area contributed by atoms with E-state index in [1.165, 1.54) is 38.2 Å². The summed E-state index contributed by atoms with van der Waals surface area (Å²) in [4.78, 5) is 33.7. The second-order valence-electron chi connectivity index (χ2n) is 10.9. The number of hydrogen-bond donors (Lipinski definition) is 3. The van der Waals surface area contributed by atoms with Crippen LogP contribution in [0, 0.1) is 0 Å². The van der Waals surface area contributed by atoms with Crippen molar-refractivity contribution in [1.82, 2.24) is 49.1 Å². The molecular formula is C31H32N16O4. The lowest BCUT2D eigenvalue weighted by atomic mass is 9.96. The Morgan fingerprint density at radius 2 is 1.29 bits per heavy atom. The highest BCUT2D eigenvalue weighted by Crippen LogP contribution is 2.44. The van der Waals surface area contributed by atoms with Crippen molar-refractivity contribution in [3.8, 4) is 11.6 Å². The van der Waals surface area contributed by atoms with Gasteiger partial charge >= 0.3 is 5.97 Å². The Hall–Kier alpha value is -6.96. The molecule has 0 bridgehead atoms. The van der Waals surface area contributed by atoms with Crippen molar-refractivity contribution in [1.29, 1.82) is 0 Å². The topological polar surface area (TPSA) is 262 Å². The van der Waals surface area contributed by atoms with Gasteiger partial charge in [0, 0.05) is 26.5 Å². The number of nitrogen functional groups attached to an aromatic ring is 2. The van der Waals surface area contributed by atoms with Crippen LogP contribution in [0.4, 0.5) is 34.6 Å². The summed E-state index contributed by atoms with van der Waals surface area (Å²) in [6.45, 7) is 1.16. The molecule has 0 radical (unpaired) electrons. The highest BCUT2D eigenvalue weighted by atomic mass is 16.5. The number of aryl methyl sites for hydroxylation is 2. The van der Waals surface area contributed by atoms with E-state index in [-0.39, 0.29) is 45.8 Å². The molecule has 6 aromatic heterocycles. The van der Waals surface area contributed by atoms with Crippen LogP contribution in [0.1, 0.15) is 51.4 Å². The van der Waals surface area contributed by atoms with Crippen molar-refractivity contribution >= 4 is 46.4 Å². The third-order valence-corrected chi connectivity index (χ3v) is 7.80. The first kappa shape index (κ1) is 33.9. The number of ether oxygens (including phenoxy) is 1. The van der Waals surface area contributed by atoms with Crippen molar-refractivity contribution in [2.45, 2.75) is 19.3 Å². The van der Waals surface area contributed by atoms with Crippen LogP contribution in [0.25, 0.3) is 11.6 Å². The zero-order valence-electron chi connectivity index (χ0n) is 27.9. The molecule has 0 aliphatic rings. The predicted molar refractivity (Wildman–Crippen MR) is 181 cm³/mol. The minimum absolute atomic E-state index is 0.0686. The van der Waals surface area contributed by atoms with Crippen molar-refractivity contribution < 1.29 is 19.4 Å². The van der Waals surface area contributed by atoms with Gasteiger partial charge in [-0.1, -0.05) is 19.1 Å². The van der Waals surface area contributed by atoms with Gasteiger partial charge in [-0.2, -0.15) is 29.8 Å². The number of esters is 1. The Kier molecular flexibility index (Phi) is 9.48. The summed E-state index contributed by atoms with van der Waals surface area (Å²) in [6.07, 6.45) is 6.17. The molecule has 5 N–H and O–H groups in total. The number of carbonyl (C=O) groups is 2. The van der Waals surface area contributed by atoms with E-state index >= 15 is 0 Å². The number of aliphatic hydroxyl groups is 1. The lowest BCUT2D eigenvalue weighted by molar-refractivity contribution is 0.0601. The van der Waals surface area contributed by atoms with Crippen LogP contribution >= 0.6 is 0 Å². The summed E-state index contributed by atoms with van der Waals surface area (Å²) in [6, 6.07) is 10.5. The van der Waals surface area contributed by atoms with E-state index in [9.17, 15) is 14.7 Å². The van der Waals surface area contributed by atoms with Gasteiger partial charge in [0.2, 0.25) is 0 Å². The highest BCUT2D eigenvalue weighted by molar-refractivity contribution is 6.00. The number of azo groups is 2. The summed E-state index contributed by atoms with van der Waals surface area (Å²) in [5, 5.41) is 45.1. The maximum Gasteiger partial charge on any atom is 0.343 e. The van der Waals surface area contributed by atoms with E-state index in [0.717, 1.165) is 0 Å². The molecule has 1 unspecified atom stereocenters. The van der Waals surface area contributed by atoms with E-state index in [1.54, 1.807) is 62.9 Å². The fourth-order valence-electron chi connectivity index (χ4n) is 5.21. The minimum atomic E-state index is -0.741. The van der Waals surface area contributed by atoms with E-state index < -0.39 is 24.3 Å². The number of nitrogens with two attached hydrogens (primary N) is 2. The van der Waals surface area contributed by atoms with Crippen molar-refractivity contribution in [3.63, 3.8) is 0 Å². The standard InChI is InChI=1S/C31H32N16O4/c1-5-17(23-25(27(32)46(42-23)21-10-6-8-12-34-21)38-40-29-18(20(49)16-48)14-36-44(29)2)24-26(28(33)47(43-24)22-11-7-9-13-35-22)39-41-30-19(31(50)51-4)15-37-45(30)3/h6-15,17,48H,5,16,32-33H2,1-4H3/b40-38+,41-39+. The molecule has 6 aromatic rings. The lowest BCUT2D eigenvalue weighted by Gasteiger charge is -2.11. The van der Waals surface area contributed by atoms with Crippen molar-refractivity contribution in [2.24, 2.45) is 34.6 Å². The highest BCUT2D eigenvalue weighted by Gasteiger charge is 2.32. The van der Waals surface area contributed by atoms with Gasteiger partial charge in [0.1, 0.15) is 23.6 Å². The first-order valence-corrected chi connectivity index (χ1v) is 15.4. The Balaban J connectivity index is 1.56. The monoisotopic (exact) mass is 692 g/mol. The van der Waals surface area contributed by atoms with E-state index in [2.05, 4.69) is 40.6 Å². The fraction of sp³-hybridized carbons (Fsp3) is 0.226. The zero-order chi connectivity index (χ0) is 36.2. The van der Waals surface area contributed by atoms with Gasteiger partial charge in [-0.15, -0.1) is 20.5 Å². The van der Waals surface area contributed by atoms with Crippen molar-refractivity contribution in [3.05, 3.63) is 83.7 Å². The van der Waals surface area contributed by atoms with Crippen LogP contribution in [0.5, 0.6) is 0 Å². The molecule has 6 heterocycles. The summed E-state index contributed by atoms with van der Waals surface area (Å²) in [7, 11) is 4.43. The van der Waals surface area contributed by atoms with Gasteiger partial charge in [0.05, 0.1) is 31.0 Å². The molecule has 51 heavy (non-hydrogen) atoms. The molecule has 0 aromatic carbocycles. The molecule has 1 atom stereocenters. The van der Waals surface area contributed by atoms with Crippen LogP contribution in [0.3, 0.4) is 0 Å². The molecule has 20 heteroatoms. The van der Waals surface area contributed by atoms with E-state index in [1.807, 2.05) is 6.92 Å². The molecule has 0 spiro atoms. The molecule has 0 saturated heterocycles. The maximum absolute atomic E-state index is 12.4. The first-order valence-electron chi connectivity index (χ1n) is 15.4. The number of anilines is 2. The molecule has 6 rings (SSSR count). The third-order valence-electron chi connectivity index (χ3n) is 7.80. The van der Waals surface area contributed by atoms with Crippen LogP contribution < -0.4 is 11.5 Å². The number of methoxy groups -OCH3 is 1. The Labute approximate surface area is 289 Å². The number of aromatic nitrogens is 10. The average Bonchev–Trinajstić information content (AvgIpc) is 3.90. The average molecular weight is 693 g/mol. The number of aliphatic hydroxyl groups excluding tert-OH is 1. The SMILES string of the molecule is CCC(c1nn(-c2ccccn2)c(N)c1/N=N/c1c(C(=O)CO)cnn1C)c1nn(-c2ccccn2)c(N)c1/N=N/c1c(C(=O)OC)cnn1C. The summed E-state index contributed by atoms with van der Waals surface area (Å²) < 4.78 is 10.4. The van der Waals surface area contributed by atoms with Crippen LogP contribution in [0.15, 0.2) is 81.6 Å². The summed E-state index contributed by atoms with van der Waals surface area (Å²) in [5.74, 6) is -0.741. The molecule has 0 aliphatic heterocycles. The van der Waals surface area contributed by atoms with Crippen molar-refractivity contribution in [2.75, 3.05) is 25.2 Å². The number of carbonyl (C=O) groups excluding carboxylic acids is 2. The van der Waals surface area contributed by atoms with Crippen LogP contribution in [0.2, 0.25) is 0 Å². The predicted octanol–water partition coefficient (Wildman–Crippen LogP) is 3.81. The fourth-order valence-corrected chi connectivity index (χ4v) is 5.21. The number of hydrogen-bond acceptors (Lipinski definition) is 16. The number of rotatable bonds is 12. The Morgan fingerprint density at radius 1 is 0.804 bits per heavy atom. The molecule has 0 aliphatic carbocycles. The molecule has 0 amide bonds. The number of Topliss-reactive ketones (excluding diaryl/α,β-unsaturated/α-hetero) is 1. The normalized spacial score (nSPS) is 12.3. The largest absolute Gasteiger partial charge is 0.465 e. The van der Waals surface area contributed by atoms with E-state index in [4.69, 9.17) is 26.4 Å². The summed E-state index contributed by atoms with van der Waals surface area (Å²) >= 11 is 0. The number of pyridine rings is 2. The van der Waals surface area contributed by atoms with Gasteiger partial charge in [-0.25, -0.2) is 24.1 Å². The van der Waals surface area contributed by atoms with Crippen LogP contribution in [-0.4, -0.2) is 79.7 Å². The lowest BCUT2D eigenvalue weighted by Crippen LogP contribution is -2.07. The molecule has 260 valence electrons. The van der Waals surface area contributed by atoms with Crippen LogP contribution in [-0.2, 0) is 18.8 Å². The van der Waals surface area contributed by atoms with E-state index in [0.29, 0.717) is 29.4 Å². The minimum Gasteiger partial charge on any atom is -0.465 e. The third kappa shape index (κ3) is 6.33. The zero-order valence-corrected chi connectivity index (χ0v) is 27.9. The van der Waals surface area contributed by atoms with Gasteiger partial charge in [0.15, 0.2) is 52.1 Å². The Bertz CT molecular complexity index is 2110. The second-order valence-corrected chi connectivity index (χ2v) is 10.9. The first-order chi connectivity index (χ1) is 24.7. The summed E-state index contributed by atoms with van der Waals surface area (Å²) in [5.41, 5.74) is 14.5. The van der Waals surface area contributed by atoms with Gasteiger partial charge in [-0.05, 0) is 30.7 Å². The molecule has 0 fully saturated rings. The molecule has 20 nitrogen and oxygen atoms in total. The number of ketones is 1. The smallest absolute Gasteiger partial charge is 0.343 e. The number of nitrogens with zero attached hydrogens (tertiary/aromatic N) is 14. The van der Waals surface area contributed by atoms with Gasteiger partial charge in [-0.3, -0.25) is 4.79 Å². The quantitative estimate of drug-likeness (QED) is 0.0939.